The van der Waals surface area contributed by atoms with Gasteiger partial charge in [-0.05, 0) is 18.4 Å². The predicted molar refractivity (Wildman–Crippen MR) is 75.2 cm³/mol. The summed E-state index contributed by atoms with van der Waals surface area (Å²) in [4.78, 5) is 11.8. The van der Waals surface area contributed by atoms with Crippen molar-refractivity contribution in [1.82, 2.24) is 0 Å². The molecule has 0 radical (unpaired) electrons. The molecule has 1 aromatic rings. The third kappa shape index (κ3) is 3.92. The van der Waals surface area contributed by atoms with E-state index in [-0.39, 0.29) is 17.3 Å². The van der Waals surface area contributed by atoms with Crippen LogP contribution < -0.4 is 11.1 Å². The van der Waals surface area contributed by atoms with Gasteiger partial charge in [0.15, 0.2) is 0 Å². The lowest BCUT2D eigenvalue weighted by atomic mass is 9.86. The van der Waals surface area contributed by atoms with Gasteiger partial charge in [0.05, 0.1) is 11.4 Å². The van der Waals surface area contributed by atoms with Gasteiger partial charge in [-0.1, -0.05) is 32.1 Å². The Kier molecular flexibility index (Phi) is 4.93. The van der Waals surface area contributed by atoms with Crippen LogP contribution in [0, 0.1) is 17.6 Å². The van der Waals surface area contributed by atoms with Crippen molar-refractivity contribution >= 4 is 17.3 Å². The largest absolute Gasteiger partial charge is 0.396 e. The number of amides is 1. The third-order valence-corrected chi connectivity index (χ3v) is 3.86. The summed E-state index contributed by atoms with van der Waals surface area (Å²) in [6.07, 6.45) is 7.27. The fourth-order valence-corrected chi connectivity index (χ4v) is 2.69. The molecule has 5 heteroatoms. The summed E-state index contributed by atoms with van der Waals surface area (Å²) in [5.41, 5.74) is 5.13. The van der Waals surface area contributed by atoms with E-state index >= 15 is 0 Å². The van der Waals surface area contributed by atoms with Gasteiger partial charge in [0.1, 0.15) is 11.6 Å². The molecule has 1 aromatic carbocycles. The number of hydrogen-bond acceptors (Lipinski definition) is 2. The Hall–Kier alpha value is -1.65. The van der Waals surface area contributed by atoms with Crippen LogP contribution in [0.3, 0.4) is 0 Å². The van der Waals surface area contributed by atoms with Gasteiger partial charge in [0, 0.05) is 12.5 Å². The number of nitrogen functional groups attached to an aromatic ring is 1. The lowest BCUT2D eigenvalue weighted by molar-refractivity contribution is -0.116. The normalized spacial score (nSPS) is 16.1. The van der Waals surface area contributed by atoms with Crippen LogP contribution in [0.5, 0.6) is 0 Å². The molecule has 110 valence electrons. The minimum atomic E-state index is -0.817. The zero-order chi connectivity index (χ0) is 14.5. The number of hydrogen-bond donors (Lipinski definition) is 2. The Bertz CT molecular complexity index is 485. The fourth-order valence-electron chi connectivity index (χ4n) is 2.69. The average molecular weight is 282 g/mol. The van der Waals surface area contributed by atoms with Gasteiger partial charge in [-0.15, -0.1) is 0 Å². The smallest absolute Gasteiger partial charge is 0.224 e. The van der Waals surface area contributed by atoms with E-state index in [0.29, 0.717) is 18.4 Å². The van der Waals surface area contributed by atoms with Crippen molar-refractivity contribution in [1.29, 1.82) is 0 Å². The van der Waals surface area contributed by atoms with E-state index in [1.807, 2.05) is 0 Å². The Morgan fingerprint density at radius 2 is 1.90 bits per heavy atom. The molecule has 1 amide bonds. The molecule has 0 unspecified atom stereocenters. The van der Waals surface area contributed by atoms with Gasteiger partial charge in [0.25, 0.3) is 0 Å². The quantitative estimate of drug-likeness (QED) is 0.824. The summed E-state index contributed by atoms with van der Waals surface area (Å²) in [6, 6.07) is 1.80. The van der Waals surface area contributed by atoms with Gasteiger partial charge in [-0.3, -0.25) is 4.79 Å². The lowest BCUT2D eigenvalue weighted by Crippen LogP contribution is -2.16. The molecule has 1 aliphatic rings. The van der Waals surface area contributed by atoms with Gasteiger partial charge >= 0.3 is 0 Å². The Morgan fingerprint density at radius 1 is 1.20 bits per heavy atom. The molecular formula is C15H20F2N2O. The molecule has 0 saturated heterocycles. The van der Waals surface area contributed by atoms with Crippen LogP contribution in [0.4, 0.5) is 20.2 Å². The number of nitrogens with two attached hydrogens (primary N) is 1. The van der Waals surface area contributed by atoms with Crippen LogP contribution in [-0.4, -0.2) is 5.91 Å². The number of anilines is 2. The highest BCUT2D eigenvalue weighted by atomic mass is 19.1. The molecule has 1 aliphatic carbocycles. The van der Waals surface area contributed by atoms with Gasteiger partial charge < -0.3 is 11.1 Å². The first-order chi connectivity index (χ1) is 9.56. The summed E-state index contributed by atoms with van der Waals surface area (Å²) >= 11 is 0. The Balaban J connectivity index is 1.86. The molecule has 3 N–H and O–H groups in total. The van der Waals surface area contributed by atoms with E-state index in [1.54, 1.807) is 0 Å². The van der Waals surface area contributed by atoms with E-state index in [4.69, 9.17) is 5.73 Å². The van der Waals surface area contributed by atoms with Crippen LogP contribution in [0.25, 0.3) is 0 Å². The van der Waals surface area contributed by atoms with Crippen molar-refractivity contribution in [2.45, 2.75) is 44.9 Å². The van der Waals surface area contributed by atoms with E-state index in [9.17, 15) is 13.6 Å². The first-order valence-corrected chi connectivity index (χ1v) is 7.10. The fraction of sp³-hybridized carbons (Fsp3) is 0.533. The van der Waals surface area contributed by atoms with Crippen molar-refractivity contribution in [2.75, 3.05) is 11.1 Å². The molecule has 1 saturated carbocycles. The second-order valence-electron chi connectivity index (χ2n) is 5.44. The maximum atomic E-state index is 13.5. The van der Waals surface area contributed by atoms with E-state index in [1.165, 1.54) is 32.1 Å². The first-order valence-electron chi connectivity index (χ1n) is 7.10. The number of nitrogens with one attached hydrogen (secondary N) is 1. The molecule has 20 heavy (non-hydrogen) atoms. The van der Waals surface area contributed by atoms with Crippen LogP contribution >= 0.6 is 0 Å². The summed E-state index contributed by atoms with van der Waals surface area (Å²) in [5.74, 6) is -1.27. The highest BCUT2D eigenvalue weighted by Crippen LogP contribution is 2.27. The minimum absolute atomic E-state index is 0.0578. The van der Waals surface area contributed by atoms with Crippen molar-refractivity contribution in [3.05, 3.63) is 23.8 Å². The SMILES string of the molecule is Nc1cc(NC(=O)CCC2CCCCC2)c(F)cc1F. The summed E-state index contributed by atoms with van der Waals surface area (Å²) < 4.78 is 26.5. The number of carbonyl (C=O) groups excluding carboxylic acids is 1. The van der Waals surface area contributed by atoms with Gasteiger partial charge in [-0.2, -0.15) is 0 Å². The monoisotopic (exact) mass is 282 g/mol. The highest BCUT2D eigenvalue weighted by Gasteiger charge is 2.16. The number of rotatable bonds is 4. The highest BCUT2D eigenvalue weighted by molar-refractivity contribution is 5.91. The summed E-state index contributed by atoms with van der Waals surface area (Å²) in [5, 5.41) is 2.46. The zero-order valence-electron chi connectivity index (χ0n) is 11.4. The second-order valence-corrected chi connectivity index (χ2v) is 5.44. The van der Waals surface area contributed by atoms with Crippen molar-refractivity contribution < 1.29 is 13.6 Å². The molecule has 2 rings (SSSR count). The molecule has 0 bridgehead atoms. The Morgan fingerprint density at radius 3 is 2.60 bits per heavy atom. The number of carbonyl (C=O) groups is 1. The van der Waals surface area contributed by atoms with Gasteiger partial charge in [0.2, 0.25) is 5.91 Å². The number of benzene rings is 1. The second kappa shape index (κ2) is 6.68. The van der Waals surface area contributed by atoms with Crippen LogP contribution in [0.1, 0.15) is 44.9 Å². The number of halogens is 2. The third-order valence-electron chi connectivity index (χ3n) is 3.86. The predicted octanol–water partition coefficient (Wildman–Crippen LogP) is 3.85. The topological polar surface area (TPSA) is 55.1 Å². The van der Waals surface area contributed by atoms with E-state index in [0.717, 1.165) is 12.5 Å². The molecule has 1 fully saturated rings. The van der Waals surface area contributed by atoms with E-state index in [2.05, 4.69) is 5.32 Å². The molecule has 3 nitrogen and oxygen atoms in total. The molecule has 0 spiro atoms. The molecule has 0 atom stereocenters. The molecule has 0 aromatic heterocycles. The molecule has 0 heterocycles. The average Bonchev–Trinajstić information content (AvgIpc) is 2.44. The standard InChI is InChI=1S/C15H20F2N2O/c16-11-8-12(17)14(9-13(11)18)19-15(20)7-6-10-4-2-1-3-5-10/h8-10H,1-7,18H2,(H,19,20). The van der Waals surface area contributed by atoms with Crippen molar-refractivity contribution in [3.8, 4) is 0 Å². The molecular weight excluding hydrogens is 262 g/mol. The zero-order valence-corrected chi connectivity index (χ0v) is 11.4. The first kappa shape index (κ1) is 14.8. The van der Waals surface area contributed by atoms with Crippen LogP contribution in [0.15, 0.2) is 12.1 Å². The van der Waals surface area contributed by atoms with Crippen LogP contribution in [-0.2, 0) is 4.79 Å². The van der Waals surface area contributed by atoms with Crippen molar-refractivity contribution in [3.63, 3.8) is 0 Å². The van der Waals surface area contributed by atoms with Crippen LogP contribution in [0.2, 0.25) is 0 Å². The maximum absolute atomic E-state index is 13.5. The summed E-state index contributed by atoms with van der Waals surface area (Å²) in [7, 11) is 0. The van der Waals surface area contributed by atoms with Crippen molar-refractivity contribution in [2.24, 2.45) is 5.92 Å². The van der Waals surface area contributed by atoms with E-state index < -0.39 is 11.6 Å². The molecule has 0 aliphatic heterocycles. The minimum Gasteiger partial charge on any atom is -0.396 e. The van der Waals surface area contributed by atoms with Gasteiger partial charge in [-0.25, -0.2) is 8.78 Å². The maximum Gasteiger partial charge on any atom is 0.224 e. The lowest BCUT2D eigenvalue weighted by Gasteiger charge is -2.21. The Labute approximate surface area is 117 Å². The summed E-state index contributed by atoms with van der Waals surface area (Å²) in [6.45, 7) is 0.